The number of fused-ring (bicyclic) bond motifs is 1. The van der Waals surface area contributed by atoms with Crippen molar-refractivity contribution in [3.05, 3.63) is 79.8 Å². The number of carbonyl (C=O) groups excluding carboxylic acids is 1. The van der Waals surface area contributed by atoms with Crippen molar-refractivity contribution < 1.29 is 46.1 Å². The number of ether oxygens (including phenoxy) is 2. The lowest BCUT2D eigenvalue weighted by Crippen LogP contribution is -2.53. The van der Waals surface area contributed by atoms with E-state index in [1.807, 2.05) is 20.8 Å². The van der Waals surface area contributed by atoms with Gasteiger partial charge in [-0.2, -0.15) is 13.2 Å². The highest BCUT2D eigenvalue weighted by Crippen LogP contribution is 2.39. The maximum Gasteiger partial charge on any atom is 0.411 e. The van der Waals surface area contributed by atoms with Crippen LogP contribution in [-0.2, 0) is 29.4 Å². The summed E-state index contributed by atoms with van der Waals surface area (Å²) in [5.41, 5.74) is 2.91. The van der Waals surface area contributed by atoms with E-state index < -0.39 is 59.6 Å². The molecule has 0 spiro atoms. The Balaban J connectivity index is 1.44. The first-order valence-corrected chi connectivity index (χ1v) is 15.0. The molecule has 1 saturated heterocycles. The second-order valence-electron chi connectivity index (χ2n) is 11.8. The van der Waals surface area contributed by atoms with E-state index in [1.54, 1.807) is 23.7 Å². The number of carboxylic acids is 1. The first kappa shape index (κ1) is 33.9. The van der Waals surface area contributed by atoms with Crippen LogP contribution < -0.4 is 20.5 Å². The van der Waals surface area contributed by atoms with Gasteiger partial charge in [-0.1, -0.05) is 12.1 Å². The van der Waals surface area contributed by atoms with Crippen LogP contribution in [0.2, 0.25) is 0 Å². The Morgan fingerprint density at radius 3 is 2.40 bits per heavy atom. The number of halogens is 5. The quantitative estimate of drug-likeness (QED) is 0.351. The Labute approximate surface area is 266 Å². The van der Waals surface area contributed by atoms with E-state index in [-0.39, 0.29) is 25.1 Å². The second-order valence-corrected chi connectivity index (χ2v) is 11.8. The number of carboxylic acid groups (broad SMARTS) is 1. The zero-order chi connectivity index (χ0) is 34.4. The first-order chi connectivity index (χ1) is 22.1. The van der Waals surface area contributed by atoms with Gasteiger partial charge in [0.1, 0.15) is 35.0 Å². The number of hydrogen-bond acceptors (Lipinski definition) is 6. The lowest BCUT2D eigenvalue weighted by molar-refractivity contribution is -0.167. The summed E-state index contributed by atoms with van der Waals surface area (Å²) < 4.78 is 83.4. The van der Waals surface area contributed by atoms with Crippen molar-refractivity contribution in [2.24, 2.45) is 7.05 Å². The molecular formula is C33H34F5N3O6. The number of pyridine rings is 1. The Morgan fingerprint density at radius 2 is 1.77 bits per heavy atom. The number of hydrogen-bond donors (Lipinski definition) is 2. The predicted molar refractivity (Wildman–Crippen MR) is 162 cm³/mol. The van der Waals surface area contributed by atoms with Crippen molar-refractivity contribution in [1.29, 1.82) is 0 Å². The van der Waals surface area contributed by atoms with Crippen LogP contribution in [0.4, 0.5) is 27.6 Å². The largest absolute Gasteiger partial charge is 0.493 e. The summed E-state index contributed by atoms with van der Waals surface area (Å²) in [7, 11) is 1.68. The Kier molecular flexibility index (Phi) is 9.36. The molecule has 1 aromatic heterocycles. The van der Waals surface area contributed by atoms with Crippen LogP contribution in [0.15, 0.2) is 29.1 Å². The van der Waals surface area contributed by atoms with Crippen molar-refractivity contribution in [1.82, 2.24) is 9.88 Å². The van der Waals surface area contributed by atoms with Gasteiger partial charge in [-0.15, -0.1) is 0 Å². The number of aromatic nitrogens is 1. The van der Waals surface area contributed by atoms with E-state index in [0.29, 0.717) is 59.6 Å². The molecule has 0 unspecified atom stereocenters. The molecule has 2 aromatic carbocycles. The van der Waals surface area contributed by atoms with E-state index >= 15 is 8.78 Å². The summed E-state index contributed by atoms with van der Waals surface area (Å²) in [5, 5.41) is 12.1. The van der Waals surface area contributed by atoms with E-state index in [4.69, 9.17) is 9.47 Å². The maximum atomic E-state index is 15.2. The fraction of sp³-hybridized carbons (Fsp3) is 0.424. The fourth-order valence-electron chi connectivity index (χ4n) is 6.20. The smallest absolute Gasteiger partial charge is 0.411 e. The molecule has 1 amide bonds. The number of amides is 1. The van der Waals surface area contributed by atoms with Crippen molar-refractivity contribution in [2.75, 3.05) is 31.3 Å². The van der Waals surface area contributed by atoms with Crippen molar-refractivity contribution in [3.8, 4) is 16.9 Å². The van der Waals surface area contributed by atoms with Gasteiger partial charge in [0, 0.05) is 37.0 Å². The average molecular weight is 664 g/mol. The van der Waals surface area contributed by atoms with Gasteiger partial charge in [0.2, 0.25) is 0 Å². The highest BCUT2D eigenvalue weighted by molar-refractivity contribution is 5.97. The zero-order valence-electron chi connectivity index (χ0n) is 26.2. The zero-order valence-corrected chi connectivity index (χ0v) is 26.2. The summed E-state index contributed by atoms with van der Waals surface area (Å²) >= 11 is 0. The molecule has 47 heavy (non-hydrogen) atoms. The van der Waals surface area contributed by atoms with E-state index in [9.17, 15) is 32.7 Å². The van der Waals surface area contributed by atoms with Gasteiger partial charge in [-0.3, -0.25) is 9.59 Å². The SMILES string of the molecule is Cc1c(C)c(C)n(C)c(=O)c1-c1ccc(C[C@H](NC(=O)c2c(F)cc(N3CCOC[C@@H]3C(F)(F)F)cc2F)C(=O)O)c2c1OCCC2. The number of rotatable bonds is 7. The number of nitrogens with one attached hydrogen (secondary N) is 1. The number of carbonyl (C=O) groups is 2. The Morgan fingerprint density at radius 1 is 1.09 bits per heavy atom. The predicted octanol–water partition coefficient (Wildman–Crippen LogP) is 4.77. The fourth-order valence-corrected chi connectivity index (χ4v) is 6.20. The molecule has 3 heterocycles. The van der Waals surface area contributed by atoms with Crippen molar-refractivity contribution in [3.63, 3.8) is 0 Å². The number of benzene rings is 2. The van der Waals surface area contributed by atoms with Crippen LogP contribution in [0.3, 0.4) is 0 Å². The molecule has 0 aliphatic carbocycles. The monoisotopic (exact) mass is 663 g/mol. The highest BCUT2D eigenvalue weighted by Gasteiger charge is 2.46. The molecule has 252 valence electrons. The van der Waals surface area contributed by atoms with Gasteiger partial charge < -0.3 is 29.4 Å². The number of anilines is 1. The molecule has 3 aromatic rings. The van der Waals surface area contributed by atoms with E-state index in [0.717, 1.165) is 21.7 Å². The molecule has 9 nitrogen and oxygen atoms in total. The lowest BCUT2D eigenvalue weighted by atomic mass is 9.88. The molecule has 0 radical (unpaired) electrons. The lowest BCUT2D eigenvalue weighted by Gasteiger charge is -2.38. The first-order valence-electron chi connectivity index (χ1n) is 15.0. The van der Waals surface area contributed by atoms with E-state index in [1.165, 1.54) is 0 Å². The number of morpholine rings is 1. The van der Waals surface area contributed by atoms with Gasteiger partial charge in [-0.05, 0) is 68.0 Å². The normalized spacial score (nSPS) is 17.1. The summed E-state index contributed by atoms with van der Waals surface area (Å²) in [4.78, 5) is 39.4. The van der Waals surface area contributed by atoms with Crippen molar-refractivity contribution >= 4 is 17.6 Å². The molecule has 14 heteroatoms. The van der Waals surface area contributed by atoms with Gasteiger partial charge >= 0.3 is 12.1 Å². The van der Waals surface area contributed by atoms with Crippen LogP contribution in [0.25, 0.3) is 11.1 Å². The summed E-state index contributed by atoms with van der Waals surface area (Å²) in [6.45, 7) is 4.86. The molecule has 5 rings (SSSR count). The summed E-state index contributed by atoms with van der Waals surface area (Å²) in [6, 6.07) is 0.759. The summed E-state index contributed by atoms with van der Waals surface area (Å²) in [6.07, 6.45) is -3.92. The molecule has 2 aliphatic rings. The third-order valence-corrected chi connectivity index (χ3v) is 9.07. The van der Waals surface area contributed by atoms with Crippen LogP contribution in [0.1, 0.15) is 44.7 Å². The third-order valence-electron chi connectivity index (χ3n) is 9.07. The van der Waals surface area contributed by atoms with Crippen LogP contribution >= 0.6 is 0 Å². The molecular weight excluding hydrogens is 629 g/mol. The minimum absolute atomic E-state index is 0.102. The van der Waals surface area contributed by atoms with Crippen LogP contribution in [0, 0.1) is 32.4 Å². The Bertz CT molecular complexity index is 1780. The average Bonchev–Trinajstić information content (AvgIpc) is 3.02. The topological polar surface area (TPSA) is 110 Å². The van der Waals surface area contributed by atoms with Gasteiger partial charge in [0.15, 0.2) is 0 Å². The number of nitrogens with zero attached hydrogens (tertiary/aromatic N) is 2. The molecule has 2 atom stereocenters. The third kappa shape index (κ3) is 6.42. The second kappa shape index (κ2) is 13.0. The minimum atomic E-state index is -4.74. The van der Waals surface area contributed by atoms with Gasteiger partial charge in [0.25, 0.3) is 11.5 Å². The van der Waals surface area contributed by atoms with Crippen LogP contribution in [-0.4, -0.2) is 66.2 Å². The molecule has 0 bridgehead atoms. The number of aliphatic carboxylic acids is 1. The van der Waals surface area contributed by atoms with E-state index in [2.05, 4.69) is 5.32 Å². The van der Waals surface area contributed by atoms with Gasteiger partial charge in [-0.25, -0.2) is 13.6 Å². The Hall–Kier alpha value is -4.46. The standard InChI is InChI=1S/C33H34F5N3O6/c1-16-17(2)27(31(43)40(4)18(16)3)22-8-7-19(21-6-5-10-47-29(21)22)12-25(32(44)45)39-30(42)28-23(34)13-20(14-24(28)35)41-9-11-46-15-26(41)33(36,37)38/h7-8,13-14,25-26H,5-6,9-12,15H2,1-4H3,(H,39,42)(H,44,45)/t25-,26+/m0/s1. The summed E-state index contributed by atoms with van der Waals surface area (Å²) in [5.74, 6) is -5.33. The number of alkyl halides is 3. The molecule has 2 aliphatic heterocycles. The van der Waals surface area contributed by atoms with Crippen molar-refractivity contribution in [2.45, 2.75) is 58.3 Å². The molecule has 1 fully saturated rings. The highest BCUT2D eigenvalue weighted by atomic mass is 19.4. The molecule has 2 N–H and O–H groups in total. The molecule has 0 saturated carbocycles. The maximum absolute atomic E-state index is 15.2. The van der Waals surface area contributed by atoms with Crippen LogP contribution in [0.5, 0.6) is 5.75 Å². The minimum Gasteiger partial charge on any atom is -0.493 e. The van der Waals surface area contributed by atoms with Gasteiger partial charge in [0.05, 0.1) is 25.4 Å².